The molecular weight excluding hydrogens is 226 g/mol. The number of benzene rings is 1. The van der Waals surface area contributed by atoms with Crippen LogP contribution in [0.4, 0.5) is 0 Å². The van der Waals surface area contributed by atoms with E-state index in [1.165, 1.54) is 41.9 Å². The van der Waals surface area contributed by atoms with Crippen LogP contribution < -0.4 is 5.32 Å². The highest BCUT2D eigenvalue weighted by Crippen LogP contribution is 2.31. The fourth-order valence-corrected chi connectivity index (χ4v) is 3.57. The first-order valence-electron chi connectivity index (χ1n) is 6.73. The monoisotopic (exact) mass is 249 g/mol. The molecule has 0 saturated carbocycles. The number of thioether (sulfide) groups is 1. The largest absolute Gasteiger partial charge is 0.307 e. The molecule has 1 heterocycles. The van der Waals surface area contributed by atoms with E-state index in [1.807, 2.05) is 11.8 Å². The van der Waals surface area contributed by atoms with E-state index in [9.17, 15) is 0 Å². The van der Waals surface area contributed by atoms with Crippen molar-refractivity contribution < 1.29 is 0 Å². The molecule has 1 N–H and O–H groups in total. The molecule has 2 rings (SSSR count). The van der Waals surface area contributed by atoms with Crippen LogP contribution in [0.1, 0.15) is 50.3 Å². The summed E-state index contributed by atoms with van der Waals surface area (Å²) in [5.74, 6) is 2.39. The highest BCUT2D eigenvalue weighted by Gasteiger charge is 2.20. The average molecular weight is 249 g/mol. The van der Waals surface area contributed by atoms with Crippen molar-refractivity contribution in [2.45, 2.75) is 50.9 Å². The number of fused-ring (bicyclic) bond motifs is 1. The van der Waals surface area contributed by atoms with Crippen molar-refractivity contribution in [2.75, 3.05) is 5.75 Å². The van der Waals surface area contributed by atoms with Gasteiger partial charge in [0.25, 0.3) is 0 Å². The lowest BCUT2D eigenvalue weighted by Crippen LogP contribution is -2.33. The first-order valence-corrected chi connectivity index (χ1v) is 7.88. The second-order valence-corrected chi connectivity index (χ2v) is 6.01. The second kappa shape index (κ2) is 6.46. The smallest absolute Gasteiger partial charge is 0.0417 e. The molecule has 0 aliphatic carbocycles. The maximum absolute atomic E-state index is 3.79. The normalized spacial score (nSPS) is 20.9. The molecule has 1 aliphatic heterocycles. The van der Waals surface area contributed by atoms with Crippen molar-refractivity contribution in [3.05, 3.63) is 35.4 Å². The number of unbranched alkanes of at least 4 members (excludes halogenated alkanes) is 1. The zero-order valence-electron chi connectivity index (χ0n) is 10.9. The van der Waals surface area contributed by atoms with Crippen LogP contribution in [0, 0.1) is 0 Å². The van der Waals surface area contributed by atoms with Crippen molar-refractivity contribution in [2.24, 2.45) is 0 Å². The molecule has 0 bridgehead atoms. The van der Waals surface area contributed by atoms with E-state index in [4.69, 9.17) is 0 Å². The average Bonchev–Trinajstić information content (AvgIpc) is 2.37. The van der Waals surface area contributed by atoms with Gasteiger partial charge in [-0.1, -0.05) is 44.0 Å². The molecule has 1 aromatic carbocycles. The maximum atomic E-state index is 3.79. The minimum atomic E-state index is 0.553. The molecule has 0 saturated heterocycles. The topological polar surface area (TPSA) is 12.0 Å². The van der Waals surface area contributed by atoms with Gasteiger partial charge in [0.05, 0.1) is 0 Å². The Kier molecular flexibility index (Phi) is 4.93. The summed E-state index contributed by atoms with van der Waals surface area (Å²) in [7, 11) is 0. The highest BCUT2D eigenvalue weighted by atomic mass is 32.2. The predicted molar refractivity (Wildman–Crippen MR) is 77.5 cm³/mol. The highest BCUT2D eigenvalue weighted by molar-refractivity contribution is 7.98. The van der Waals surface area contributed by atoms with Gasteiger partial charge in [0, 0.05) is 23.6 Å². The van der Waals surface area contributed by atoms with Gasteiger partial charge in [-0.05, 0) is 24.5 Å². The molecule has 0 radical (unpaired) electrons. The predicted octanol–water partition coefficient (Wildman–Crippen LogP) is 4.14. The quantitative estimate of drug-likeness (QED) is 0.841. The Balaban J connectivity index is 1.98. The van der Waals surface area contributed by atoms with Gasteiger partial charge in [0.15, 0.2) is 0 Å². The lowest BCUT2D eigenvalue weighted by atomic mass is 10.0. The molecular formula is C15H23NS. The fourth-order valence-electron chi connectivity index (χ4n) is 2.46. The summed E-state index contributed by atoms with van der Waals surface area (Å²) in [6, 6.07) is 10.1. The molecule has 0 fully saturated rings. The Labute approximate surface area is 109 Å². The third kappa shape index (κ3) is 3.49. The zero-order valence-corrected chi connectivity index (χ0v) is 11.7. The van der Waals surface area contributed by atoms with Gasteiger partial charge >= 0.3 is 0 Å². The minimum absolute atomic E-state index is 0.553. The van der Waals surface area contributed by atoms with Crippen LogP contribution in [0.25, 0.3) is 0 Å². The first kappa shape index (κ1) is 13.0. The van der Waals surface area contributed by atoms with Crippen LogP contribution in [0.5, 0.6) is 0 Å². The molecule has 2 heteroatoms. The minimum Gasteiger partial charge on any atom is -0.307 e. The third-order valence-electron chi connectivity index (χ3n) is 3.45. The third-order valence-corrected chi connectivity index (χ3v) is 4.53. The Morgan fingerprint density at radius 2 is 2.24 bits per heavy atom. The van der Waals surface area contributed by atoms with Crippen LogP contribution in [-0.2, 0) is 5.75 Å². The van der Waals surface area contributed by atoms with E-state index >= 15 is 0 Å². The Bertz CT molecular complexity index is 351. The van der Waals surface area contributed by atoms with E-state index in [1.54, 1.807) is 0 Å². The summed E-state index contributed by atoms with van der Waals surface area (Å²) in [5, 5.41) is 3.79. The molecule has 0 amide bonds. The van der Waals surface area contributed by atoms with Crippen LogP contribution in [0.15, 0.2) is 24.3 Å². The number of nitrogens with one attached hydrogen (secondary N) is 1. The second-order valence-electron chi connectivity index (χ2n) is 4.98. The molecule has 1 nitrogen and oxygen atoms in total. The summed E-state index contributed by atoms with van der Waals surface area (Å²) in [5.41, 5.74) is 3.04. The summed E-state index contributed by atoms with van der Waals surface area (Å²) in [4.78, 5) is 0. The summed E-state index contributed by atoms with van der Waals surface area (Å²) in [6.07, 6.45) is 3.91. The molecule has 94 valence electrons. The van der Waals surface area contributed by atoms with E-state index in [0.29, 0.717) is 12.1 Å². The van der Waals surface area contributed by atoms with E-state index in [2.05, 4.69) is 43.4 Å². The molecule has 2 unspecified atom stereocenters. The summed E-state index contributed by atoms with van der Waals surface area (Å²) in [6.45, 7) is 4.58. The SMILES string of the molecule is CCCCC(C)NC1CSCc2ccccc21. The van der Waals surface area contributed by atoms with Gasteiger partial charge in [-0.3, -0.25) is 0 Å². The van der Waals surface area contributed by atoms with Crippen LogP contribution >= 0.6 is 11.8 Å². The van der Waals surface area contributed by atoms with E-state index in [0.717, 1.165) is 0 Å². The first-order chi connectivity index (χ1) is 8.31. The number of rotatable bonds is 5. The Morgan fingerprint density at radius 1 is 1.41 bits per heavy atom. The van der Waals surface area contributed by atoms with Crippen LogP contribution in [-0.4, -0.2) is 11.8 Å². The number of hydrogen-bond acceptors (Lipinski definition) is 2. The molecule has 0 spiro atoms. The molecule has 1 aromatic rings. The van der Waals surface area contributed by atoms with Gasteiger partial charge in [0.2, 0.25) is 0 Å². The van der Waals surface area contributed by atoms with Crippen molar-refractivity contribution in [3.63, 3.8) is 0 Å². The lowest BCUT2D eigenvalue weighted by molar-refractivity contribution is 0.445. The Hall–Kier alpha value is -0.470. The van der Waals surface area contributed by atoms with Crippen molar-refractivity contribution in [1.29, 1.82) is 0 Å². The van der Waals surface area contributed by atoms with Crippen LogP contribution in [0.2, 0.25) is 0 Å². The molecule has 2 atom stereocenters. The maximum Gasteiger partial charge on any atom is 0.0417 e. The Morgan fingerprint density at radius 3 is 3.06 bits per heavy atom. The van der Waals surface area contributed by atoms with Gasteiger partial charge in [-0.15, -0.1) is 0 Å². The van der Waals surface area contributed by atoms with Gasteiger partial charge in [-0.25, -0.2) is 0 Å². The standard InChI is InChI=1S/C15H23NS/c1-3-4-7-12(2)16-15-11-17-10-13-8-5-6-9-14(13)15/h5-6,8-9,12,15-16H,3-4,7,10-11H2,1-2H3. The van der Waals surface area contributed by atoms with Crippen molar-refractivity contribution >= 4 is 11.8 Å². The number of hydrogen-bond donors (Lipinski definition) is 1. The summed E-state index contributed by atoms with van der Waals surface area (Å²) >= 11 is 2.05. The lowest BCUT2D eigenvalue weighted by Gasteiger charge is -2.29. The van der Waals surface area contributed by atoms with Gasteiger partial charge in [-0.2, -0.15) is 11.8 Å². The fraction of sp³-hybridized carbons (Fsp3) is 0.600. The zero-order chi connectivity index (χ0) is 12.1. The molecule has 1 aliphatic rings. The molecule has 0 aromatic heterocycles. The van der Waals surface area contributed by atoms with Gasteiger partial charge < -0.3 is 5.32 Å². The summed E-state index contributed by atoms with van der Waals surface area (Å²) < 4.78 is 0. The van der Waals surface area contributed by atoms with Crippen LogP contribution in [0.3, 0.4) is 0 Å². The van der Waals surface area contributed by atoms with Crippen molar-refractivity contribution in [1.82, 2.24) is 5.32 Å². The molecule has 17 heavy (non-hydrogen) atoms. The van der Waals surface area contributed by atoms with Gasteiger partial charge in [0.1, 0.15) is 0 Å². The van der Waals surface area contributed by atoms with E-state index in [-0.39, 0.29) is 0 Å². The van der Waals surface area contributed by atoms with Crippen molar-refractivity contribution in [3.8, 4) is 0 Å². The van der Waals surface area contributed by atoms with E-state index < -0.39 is 0 Å².